The summed E-state index contributed by atoms with van der Waals surface area (Å²) in [6.07, 6.45) is 0. The van der Waals surface area contributed by atoms with Gasteiger partial charge in [0.05, 0.1) is 4.90 Å². The number of aromatic nitrogens is 2. The molecule has 22 heavy (non-hydrogen) atoms. The Kier molecular flexibility index (Phi) is 3.55. The third-order valence-corrected chi connectivity index (χ3v) is 4.60. The van der Waals surface area contributed by atoms with Gasteiger partial charge in [-0.25, -0.2) is 8.42 Å². The van der Waals surface area contributed by atoms with Crippen LogP contribution in [0, 0.1) is 4.77 Å². The minimum atomic E-state index is -3.82. The molecule has 0 saturated heterocycles. The molecule has 3 aromatic rings. The predicted octanol–water partition coefficient (Wildman–Crippen LogP) is 2.39. The van der Waals surface area contributed by atoms with Crippen molar-refractivity contribution in [1.29, 1.82) is 0 Å². The second-order valence-corrected chi connectivity index (χ2v) is 6.71. The van der Waals surface area contributed by atoms with E-state index in [4.69, 9.17) is 12.2 Å². The molecule has 0 bridgehead atoms. The van der Waals surface area contributed by atoms with E-state index in [1.54, 1.807) is 12.1 Å². The Morgan fingerprint density at radius 3 is 2.41 bits per heavy atom. The van der Waals surface area contributed by atoms with Gasteiger partial charge in [0, 0.05) is 6.07 Å². The average molecular weight is 333 g/mol. The van der Waals surface area contributed by atoms with Crippen molar-refractivity contribution in [1.82, 2.24) is 9.97 Å². The van der Waals surface area contributed by atoms with E-state index in [1.165, 1.54) is 6.07 Å². The molecule has 3 N–H and O–H groups in total. The Morgan fingerprint density at radius 1 is 0.955 bits per heavy atom. The normalized spacial score (nSPS) is 11.5. The van der Waals surface area contributed by atoms with Crippen LogP contribution in [0.4, 0.5) is 5.82 Å². The first-order chi connectivity index (χ1) is 10.4. The number of hydrogen-bond acceptors (Lipinski definition) is 4. The Labute approximate surface area is 130 Å². The smallest absolute Gasteiger partial charge is 0.263 e. The molecular formula is C14H11N3O3S2. The van der Waals surface area contributed by atoms with E-state index in [0.29, 0.717) is 0 Å². The molecule has 0 unspecified atom stereocenters. The lowest BCUT2D eigenvalue weighted by molar-refractivity contribution is 0.601. The molecule has 0 saturated carbocycles. The maximum absolute atomic E-state index is 12.4. The van der Waals surface area contributed by atoms with Gasteiger partial charge in [-0.15, -0.1) is 0 Å². The summed E-state index contributed by atoms with van der Waals surface area (Å²) in [5.41, 5.74) is -0.486. The lowest BCUT2D eigenvalue weighted by Crippen LogP contribution is -2.17. The minimum Gasteiger partial charge on any atom is -0.318 e. The molecule has 112 valence electrons. The van der Waals surface area contributed by atoms with Crippen LogP contribution in [-0.2, 0) is 10.0 Å². The first-order valence-electron chi connectivity index (χ1n) is 6.29. The number of sulfonamides is 1. The minimum absolute atomic E-state index is 0.0157. The second-order valence-electron chi connectivity index (χ2n) is 4.62. The van der Waals surface area contributed by atoms with Crippen LogP contribution in [0.1, 0.15) is 0 Å². The van der Waals surface area contributed by atoms with Gasteiger partial charge in [-0.2, -0.15) is 0 Å². The zero-order valence-corrected chi connectivity index (χ0v) is 12.8. The summed E-state index contributed by atoms with van der Waals surface area (Å²) in [6.45, 7) is 0. The van der Waals surface area contributed by atoms with E-state index < -0.39 is 15.6 Å². The fraction of sp³-hybridized carbons (Fsp3) is 0. The molecular weight excluding hydrogens is 322 g/mol. The number of fused-ring (bicyclic) bond motifs is 1. The van der Waals surface area contributed by atoms with Gasteiger partial charge in [-0.1, -0.05) is 30.3 Å². The van der Waals surface area contributed by atoms with Crippen molar-refractivity contribution < 1.29 is 8.42 Å². The Balaban J connectivity index is 2.04. The summed E-state index contributed by atoms with van der Waals surface area (Å²) < 4.78 is 27.1. The molecule has 1 aromatic heterocycles. The van der Waals surface area contributed by atoms with Crippen LogP contribution in [0.2, 0.25) is 0 Å². The summed E-state index contributed by atoms with van der Waals surface area (Å²) in [4.78, 5) is 16.3. The van der Waals surface area contributed by atoms with Gasteiger partial charge in [-0.05, 0) is 35.1 Å². The lowest BCUT2D eigenvalue weighted by Gasteiger charge is -2.08. The number of H-pyrrole nitrogens is 2. The molecule has 6 nitrogen and oxygen atoms in total. The second kappa shape index (κ2) is 5.39. The fourth-order valence-corrected chi connectivity index (χ4v) is 3.32. The van der Waals surface area contributed by atoms with E-state index in [9.17, 15) is 13.2 Å². The van der Waals surface area contributed by atoms with Gasteiger partial charge in [0.25, 0.3) is 15.6 Å². The van der Waals surface area contributed by atoms with Crippen molar-refractivity contribution in [2.75, 3.05) is 4.72 Å². The van der Waals surface area contributed by atoms with E-state index in [0.717, 1.165) is 16.8 Å². The number of nitrogens with one attached hydrogen (secondary N) is 3. The van der Waals surface area contributed by atoms with E-state index in [1.807, 2.05) is 24.3 Å². The number of anilines is 1. The summed E-state index contributed by atoms with van der Waals surface area (Å²) in [7, 11) is -3.82. The third kappa shape index (κ3) is 2.92. The van der Waals surface area contributed by atoms with Crippen LogP contribution >= 0.6 is 12.2 Å². The maximum Gasteiger partial charge on any atom is 0.263 e. The van der Waals surface area contributed by atoms with Gasteiger partial charge in [0.2, 0.25) is 0 Å². The zero-order chi connectivity index (χ0) is 15.7. The Bertz CT molecular complexity index is 1040. The first kappa shape index (κ1) is 14.5. The van der Waals surface area contributed by atoms with E-state index in [-0.39, 0.29) is 15.5 Å². The van der Waals surface area contributed by atoms with Gasteiger partial charge in [0.15, 0.2) is 4.77 Å². The fourth-order valence-electron chi connectivity index (χ4n) is 2.06. The summed E-state index contributed by atoms with van der Waals surface area (Å²) in [6, 6.07) is 13.3. The number of benzene rings is 2. The number of hydrogen-bond donors (Lipinski definition) is 3. The predicted molar refractivity (Wildman–Crippen MR) is 87.0 cm³/mol. The Hall–Kier alpha value is -2.45. The van der Waals surface area contributed by atoms with Crippen LogP contribution < -0.4 is 10.3 Å². The summed E-state index contributed by atoms with van der Waals surface area (Å²) in [5.74, 6) is 0.0157. The van der Waals surface area contributed by atoms with Crippen molar-refractivity contribution >= 4 is 38.8 Å². The molecule has 1 heterocycles. The van der Waals surface area contributed by atoms with Gasteiger partial charge in [0.1, 0.15) is 5.82 Å². The number of aromatic amines is 2. The highest BCUT2D eigenvalue weighted by Gasteiger charge is 2.15. The van der Waals surface area contributed by atoms with Crippen LogP contribution in [0.25, 0.3) is 10.8 Å². The topological polar surface area (TPSA) is 94.8 Å². The monoisotopic (exact) mass is 333 g/mol. The molecule has 0 aliphatic rings. The van der Waals surface area contributed by atoms with Crippen LogP contribution in [0.15, 0.2) is 58.2 Å². The van der Waals surface area contributed by atoms with Crippen LogP contribution in [-0.4, -0.2) is 18.4 Å². The first-order valence-corrected chi connectivity index (χ1v) is 8.18. The molecule has 8 heteroatoms. The Morgan fingerprint density at radius 2 is 1.68 bits per heavy atom. The highest BCUT2D eigenvalue weighted by Crippen LogP contribution is 2.20. The van der Waals surface area contributed by atoms with Crippen LogP contribution in [0.5, 0.6) is 0 Å². The summed E-state index contributed by atoms with van der Waals surface area (Å²) in [5, 5.41) is 1.75. The number of rotatable bonds is 3. The molecule has 0 fully saturated rings. The standard InChI is InChI=1S/C14H11N3O3S2/c18-13-8-12(15-14(21)16-13)17-22(19,20)11-6-5-9-3-1-2-4-10(9)7-11/h1-8H,(H3,15,16,17,18,21). The highest BCUT2D eigenvalue weighted by molar-refractivity contribution is 7.92. The molecule has 2 aromatic carbocycles. The zero-order valence-electron chi connectivity index (χ0n) is 11.2. The molecule has 0 aliphatic heterocycles. The van der Waals surface area contributed by atoms with Crippen molar-refractivity contribution in [2.45, 2.75) is 4.90 Å². The quantitative estimate of drug-likeness (QED) is 0.641. The van der Waals surface area contributed by atoms with Crippen molar-refractivity contribution in [3.8, 4) is 0 Å². The van der Waals surface area contributed by atoms with E-state index in [2.05, 4.69) is 14.7 Å². The van der Waals surface area contributed by atoms with Crippen LogP contribution in [0.3, 0.4) is 0 Å². The molecule has 0 radical (unpaired) electrons. The molecule has 3 rings (SSSR count). The average Bonchev–Trinajstić information content (AvgIpc) is 2.45. The van der Waals surface area contributed by atoms with Crippen molar-refractivity contribution in [3.63, 3.8) is 0 Å². The maximum atomic E-state index is 12.4. The van der Waals surface area contributed by atoms with Gasteiger partial charge < -0.3 is 4.98 Å². The largest absolute Gasteiger partial charge is 0.318 e. The van der Waals surface area contributed by atoms with Gasteiger partial charge in [-0.3, -0.25) is 14.5 Å². The highest BCUT2D eigenvalue weighted by atomic mass is 32.2. The molecule has 0 aliphatic carbocycles. The molecule has 0 spiro atoms. The third-order valence-electron chi connectivity index (χ3n) is 3.04. The lowest BCUT2D eigenvalue weighted by atomic mass is 10.1. The SMILES string of the molecule is O=c1cc(NS(=O)(=O)c2ccc3ccccc3c2)[nH]c(=S)[nH]1. The summed E-state index contributed by atoms with van der Waals surface area (Å²) >= 11 is 4.81. The van der Waals surface area contributed by atoms with Gasteiger partial charge >= 0.3 is 0 Å². The molecule has 0 atom stereocenters. The van der Waals surface area contributed by atoms with Crippen molar-refractivity contribution in [3.05, 3.63) is 63.7 Å². The van der Waals surface area contributed by atoms with E-state index >= 15 is 0 Å². The molecule has 0 amide bonds. The van der Waals surface area contributed by atoms with Crippen molar-refractivity contribution in [2.24, 2.45) is 0 Å².